The Hall–Kier alpha value is -2.89. The first kappa shape index (κ1) is 29.1. The Labute approximate surface area is 246 Å². The van der Waals surface area contributed by atoms with Crippen LogP contribution in [0.2, 0.25) is 0 Å². The maximum atomic E-state index is 13.9. The highest BCUT2D eigenvalue weighted by atomic mass is 79.9. The molecule has 4 rings (SSSR count). The highest BCUT2D eigenvalue weighted by Gasteiger charge is 2.35. The van der Waals surface area contributed by atoms with Crippen molar-refractivity contribution in [1.82, 2.24) is 4.57 Å². The van der Waals surface area contributed by atoms with E-state index in [4.69, 9.17) is 18.9 Å². The van der Waals surface area contributed by atoms with Crippen LogP contribution in [0.25, 0.3) is 6.08 Å². The third kappa shape index (κ3) is 5.85. The molecular weight excluding hydrogens is 652 g/mol. The largest absolute Gasteiger partial charge is 0.493 e. The molecule has 39 heavy (non-hydrogen) atoms. The van der Waals surface area contributed by atoms with Gasteiger partial charge in [-0.1, -0.05) is 33.3 Å². The van der Waals surface area contributed by atoms with E-state index in [2.05, 4.69) is 36.9 Å². The van der Waals surface area contributed by atoms with Crippen molar-refractivity contribution in [1.29, 1.82) is 0 Å². The molecule has 3 aromatic rings. The second-order valence-electron chi connectivity index (χ2n) is 8.89. The Kier molecular flexibility index (Phi) is 9.03. The van der Waals surface area contributed by atoms with Gasteiger partial charge in [0.05, 0.1) is 53.2 Å². The molecular formula is C28H28Br2N2O6S. The van der Waals surface area contributed by atoms with Gasteiger partial charge in [-0.25, -0.2) is 9.79 Å². The number of thiazole rings is 1. The van der Waals surface area contributed by atoms with Crippen LogP contribution in [-0.4, -0.2) is 37.5 Å². The zero-order valence-corrected chi connectivity index (χ0v) is 26.3. The quantitative estimate of drug-likeness (QED) is 0.307. The highest BCUT2D eigenvalue weighted by Crippen LogP contribution is 2.40. The lowest BCUT2D eigenvalue weighted by molar-refractivity contribution is -0.139. The van der Waals surface area contributed by atoms with Gasteiger partial charge in [0.1, 0.15) is 5.75 Å². The van der Waals surface area contributed by atoms with Crippen LogP contribution >= 0.6 is 43.2 Å². The van der Waals surface area contributed by atoms with Gasteiger partial charge < -0.3 is 18.9 Å². The molecule has 0 saturated heterocycles. The van der Waals surface area contributed by atoms with Gasteiger partial charge in [0.2, 0.25) is 0 Å². The van der Waals surface area contributed by atoms with Gasteiger partial charge in [-0.05, 0) is 85.1 Å². The average Bonchev–Trinajstić information content (AvgIpc) is 3.18. The predicted molar refractivity (Wildman–Crippen MR) is 158 cm³/mol. The molecule has 0 saturated carbocycles. The molecule has 1 aliphatic rings. The normalized spacial score (nSPS) is 15.2. The number of carbonyl (C=O) groups excluding carboxylic acids is 1. The van der Waals surface area contributed by atoms with Crippen LogP contribution in [0, 0.1) is 0 Å². The van der Waals surface area contributed by atoms with E-state index in [0.29, 0.717) is 36.6 Å². The first-order valence-corrected chi connectivity index (χ1v) is 14.6. The molecule has 206 valence electrons. The van der Waals surface area contributed by atoms with Crippen molar-refractivity contribution in [3.8, 4) is 17.2 Å². The molecule has 2 heterocycles. The van der Waals surface area contributed by atoms with Crippen molar-refractivity contribution >= 4 is 55.2 Å². The minimum absolute atomic E-state index is 0.0311. The SMILES string of the molecule is CCOC(=O)C1=C(C)N=c2s/c(=C\c3ccc(OC(C)C)c(Br)c3)c(=O)n2[C@H]1c1cc(OC)c(OC)cc1Br. The molecule has 11 heteroatoms. The number of halogens is 2. The summed E-state index contributed by atoms with van der Waals surface area (Å²) in [4.78, 5) is 32.2. The average molecular weight is 680 g/mol. The number of ether oxygens (including phenoxy) is 4. The Bertz CT molecular complexity index is 1640. The van der Waals surface area contributed by atoms with Crippen LogP contribution in [-0.2, 0) is 9.53 Å². The summed E-state index contributed by atoms with van der Waals surface area (Å²) in [5, 5.41) is 0. The molecule has 8 nitrogen and oxygen atoms in total. The summed E-state index contributed by atoms with van der Waals surface area (Å²) in [6.45, 7) is 7.59. The van der Waals surface area contributed by atoms with Crippen molar-refractivity contribution in [2.24, 2.45) is 4.99 Å². The van der Waals surface area contributed by atoms with E-state index in [1.54, 1.807) is 39.2 Å². The summed E-state index contributed by atoms with van der Waals surface area (Å²) in [6.07, 6.45) is 1.83. The molecule has 1 aromatic heterocycles. The number of hydrogen-bond donors (Lipinski definition) is 0. The minimum atomic E-state index is -0.801. The maximum absolute atomic E-state index is 13.9. The second kappa shape index (κ2) is 12.1. The Morgan fingerprint density at radius 3 is 2.41 bits per heavy atom. The van der Waals surface area contributed by atoms with Gasteiger partial charge >= 0.3 is 5.97 Å². The van der Waals surface area contributed by atoms with Crippen molar-refractivity contribution in [2.75, 3.05) is 20.8 Å². The fourth-order valence-corrected chi connectivity index (χ4v) is 6.35. The van der Waals surface area contributed by atoms with Gasteiger partial charge in [0.25, 0.3) is 5.56 Å². The molecule has 0 bridgehead atoms. The molecule has 0 radical (unpaired) electrons. The number of nitrogens with zero attached hydrogens (tertiary/aromatic N) is 2. The fraction of sp³-hybridized carbons (Fsp3) is 0.321. The summed E-state index contributed by atoms with van der Waals surface area (Å²) < 4.78 is 25.6. The number of esters is 1. The lowest BCUT2D eigenvalue weighted by Crippen LogP contribution is -2.40. The lowest BCUT2D eigenvalue weighted by Gasteiger charge is -2.26. The van der Waals surface area contributed by atoms with Gasteiger partial charge in [0.15, 0.2) is 16.3 Å². The molecule has 0 unspecified atom stereocenters. The molecule has 0 fully saturated rings. The molecule has 0 amide bonds. The topological polar surface area (TPSA) is 88.4 Å². The molecule has 0 N–H and O–H groups in total. The summed E-state index contributed by atoms with van der Waals surface area (Å²) in [5.74, 6) is 1.15. The number of benzene rings is 2. The van der Waals surface area contributed by atoms with Crippen molar-refractivity contribution < 1.29 is 23.7 Å². The van der Waals surface area contributed by atoms with E-state index in [-0.39, 0.29) is 23.8 Å². The number of carbonyl (C=O) groups is 1. The van der Waals surface area contributed by atoms with E-state index >= 15 is 0 Å². The van der Waals surface area contributed by atoms with Crippen LogP contribution in [0.15, 0.2) is 60.3 Å². The smallest absolute Gasteiger partial charge is 0.338 e. The standard InChI is InChI=1S/C28H28Br2N2O6S/c1-7-37-27(34)24-15(4)31-28-32(25(24)17-12-21(35-5)22(36-6)13-18(17)29)26(33)23(39-28)11-16-8-9-20(19(30)10-16)38-14(2)3/h8-14,25H,7H2,1-6H3/b23-11-/t25-/m0/s1. The zero-order valence-electron chi connectivity index (χ0n) is 22.3. The zero-order chi connectivity index (χ0) is 28.4. The van der Waals surface area contributed by atoms with Gasteiger partial charge in [0, 0.05) is 4.47 Å². The van der Waals surface area contributed by atoms with E-state index in [9.17, 15) is 9.59 Å². The maximum Gasteiger partial charge on any atom is 0.338 e. The Morgan fingerprint density at radius 1 is 1.10 bits per heavy atom. The number of fused-ring (bicyclic) bond motifs is 1. The number of methoxy groups -OCH3 is 2. The molecule has 0 aliphatic carbocycles. The summed E-state index contributed by atoms with van der Waals surface area (Å²) in [7, 11) is 3.07. The van der Waals surface area contributed by atoms with Crippen molar-refractivity contribution in [3.05, 3.63) is 81.4 Å². The molecule has 1 atom stereocenters. The second-order valence-corrected chi connectivity index (χ2v) is 11.6. The van der Waals surface area contributed by atoms with Gasteiger partial charge in [-0.15, -0.1) is 0 Å². The number of allylic oxidation sites excluding steroid dienone is 1. The van der Waals surface area contributed by atoms with Crippen LogP contribution < -0.4 is 29.1 Å². The van der Waals surface area contributed by atoms with Gasteiger partial charge in [-0.3, -0.25) is 9.36 Å². The summed E-state index contributed by atoms with van der Waals surface area (Å²) in [5.41, 5.74) is 1.93. The summed E-state index contributed by atoms with van der Waals surface area (Å²) in [6, 6.07) is 8.35. The van der Waals surface area contributed by atoms with Crippen LogP contribution in [0.4, 0.5) is 0 Å². The number of hydrogen-bond acceptors (Lipinski definition) is 8. The molecule has 0 spiro atoms. The number of rotatable bonds is 8. The predicted octanol–water partition coefficient (Wildman–Crippen LogP) is 5.13. The third-order valence-electron chi connectivity index (χ3n) is 5.93. The summed E-state index contributed by atoms with van der Waals surface area (Å²) >= 11 is 8.42. The molecule has 1 aliphatic heterocycles. The van der Waals surface area contributed by atoms with Gasteiger partial charge in [-0.2, -0.15) is 0 Å². The Balaban J connectivity index is 1.94. The molecule has 2 aromatic carbocycles. The van der Waals surface area contributed by atoms with Crippen LogP contribution in [0.3, 0.4) is 0 Å². The lowest BCUT2D eigenvalue weighted by atomic mass is 9.95. The third-order valence-corrected chi connectivity index (χ3v) is 8.22. The van der Waals surface area contributed by atoms with Crippen molar-refractivity contribution in [3.63, 3.8) is 0 Å². The van der Waals surface area contributed by atoms with Crippen molar-refractivity contribution in [2.45, 2.75) is 39.8 Å². The van der Waals surface area contributed by atoms with Crippen LogP contribution in [0.1, 0.15) is 44.9 Å². The van der Waals surface area contributed by atoms with E-state index in [1.807, 2.05) is 32.0 Å². The highest BCUT2D eigenvalue weighted by molar-refractivity contribution is 9.10. The van der Waals surface area contributed by atoms with E-state index in [1.165, 1.54) is 23.0 Å². The fourth-order valence-electron chi connectivity index (χ4n) is 4.27. The van der Waals surface area contributed by atoms with Crippen LogP contribution in [0.5, 0.6) is 17.2 Å². The first-order chi connectivity index (χ1) is 18.6. The monoisotopic (exact) mass is 678 g/mol. The van der Waals surface area contributed by atoms with E-state index < -0.39 is 12.0 Å². The minimum Gasteiger partial charge on any atom is -0.493 e. The number of aromatic nitrogens is 1. The first-order valence-electron chi connectivity index (χ1n) is 12.2. The van der Waals surface area contributed by atoms with E-state index in [0.717, 1.165) is 15.8 Å². The Morgan fingerprint density at radius 2 is 1.79 bits per heavy atom.